The molecule has 0 N–H and O–H groups in total. The van der Waals surface area contributed by atoms with E-state index in [-0.39, 0.29) is 35.0 Å². The second kappa shape index (κ2) is 10.1. The number of ether oxygens (including phenoxy) is 3. The molecular weight excluding hydrogens is 560 g/mol. The van der Waals surface area contributed by atoms with Crippen LogP contribution in [0.4, 0.5) is 0 Å². The minimum atomic E-state index is -0.113. The van der Waals surface area contributed by atoms with Gasteiger partial charge in [-0.15, -0.1) is 0 Å². The van der Waals surface area contributed by atoms with Crippen LogP contribution in [0.25, 0.3) is 0 Å². The first kappa shape index (κ1) is 28.6. The third-order valence-corrected chi connectivity index (χ3v) is 16.9. The Kier molecular flexibility index (Phi) is 6.41. The van der Waals surface area contributed by atoms with Crippen LogP contribution in [0, 0.1) is 82.9 Å². The topological polar surface area (TPSA) is 65.1 Å². The zero-order valence-electron chi connectivity index (χ0n) is 27.7. The molecule has 45 heavy (non-hydrogen) atoms. The van der Waals surface area contributed by atoms with E-state index in [1.165, 1.54) is 51.4 Å². The van der Waals surface area contributed by atoms with Crippen molar-refractivity contribution < 1.29 is 23.8 Å². The Morgan fingerprint density at radius 1 is 0.600 bits per heavy atom. The predicted molar refractivity (Wildman–Crippen MR) is 170 cm³/mol. The maximum atomic E-state index is 13.0. The molecular formula is C40H56O5. The predicted octanol–water partition coefficient (Wildman–Crippen LogP) is 7.90. The molecule has 1 saturated heterocycles. The van der Waals surface area contributed by atoms with E-state index in [2.05, 4.69) is 26.0 Å². The number of esters is 2. The first-order chi connectivity index (χ1) is 21.9. The van der Waals surface area contributed by atoms with Crippen LogP contribution in [0.15, 0.2) is 12.2 Å². The van der Waals surface area contributed by atoms with Crippen molar-refractivity contribution in [2.45, 2.75) is 140 Å². The molecule has 246 valence electrons. The summed E-state index contributed by atoms with van der Waals surface area (Å²) >= 11 is 0. The van der Waals surface area contributed by atoms with Crippen molar-refractivity contribution in [3.05, 3.63) is 12.2 Å². The van der Waals surface area contributed by atoms with Crippen molar-refractivity contribution in [2.24, 2.45) is 82.9 Å². The summed E-state index contributed by atoms with van der Waals surface area (Å²) in [6.07, 6.45) is 25.0. The van der Waals surface area contributed by atoms with E-state index >= 15 is 0 Å². The molecule has 11 aliphatic rings. The van der Waals surface area contributed by atoms with Gasteiger partial charge in [-0.3, -0.25) is 9.59 Å². The minimum Gasteiger partial charge on any atom is -0.459 e. The first-order valence-electron chi connectivity index (χ1n) is 19.7. The van der Waals surface area contributed by atoms with Crippen LogP contribution in [0.2, 0.25) is 0 Å². The summed E-state index contributed by atoms with van der Waals surface area (Å²) in [5.41, 5.74) is -0.218. The molecule has 5 nitrogen and oxygen atoms in total. The molecule has 10 fully saturated rings. The Balaban J connectivity index is 0.000000118. The fourth-order valence-electron chi connectivity index (χ4n) is 15.1. The Morgan fingerprint density at radius 2 is 1.09 bits per heavy atom. The summed E-state index contributed by atoms with van der Waals surface area (Å²) in [6.45, 7) is 4.38. The van der Waals surface area contributed by atoms with Gasteiger partial charge in [-0.1, -0.05) is 26.0 Å². The van der Waals surface area contributed by atoms with E-state index in [1.807, 2.05) is 0 Å². The molecule has 8 bridgehead atoms. The highest BCUT2D eigenvalue weighted by Gasteiger charge is 2.74. The van der Waals surface area contributed by atoms with Gasteiger partial charge in [0.2, 0.25) is 0 Å². The molecule has 10 aliphatic carbocycles. The quantitative estimate of drug-likeness (QED) is 0.131. The SMILES string of the molecule is CCC1(OC(=O)C2CC3CC2C2C4C=CC(C4)C32)CCCC1.CCC1(OC(=O)C2CC3CC2C2C4CC(C5OC45)C32)CCCC1. The number of hydrogen-bond donors (Lipinski definition) is 0. The number of epoxide rings is 1. The molecule has 0 aromatic carbocycles. The molecule has 1 heterocycles. The standard InChI is InChI=1S/C20H28O3.C20H28O2/c1-2-20(5-3-4-6-20)23-19(21)12-8-10-7-11(12)16-14-9-13(15(10)16)17-18(14)22-17;1-2-20(7-3-4-8-20)22-19(21)16-11-14-10-15(16)18-13-6-5-12(9-13)17(14)18/h10-18H,2-9H2,1H3;5-6,12-18H,2-4,7-11H2,1H3. The van der Waals surface area contributed by atoms with Gasteiger partial charge in [-0.2, -0.15) is 0 Å². The van der Waals surface area contributed by atoms with Crippen molar-refractivity contribution in [3.8, 4) is 0 Å². The van der Waals surface area contributed by atoms with Crippen LogP contribution in [-0.2, 0) is 23.8 Å². The Hall–Kier alpha value is -1.36. The van der Waals surface area contributed by atoms with Crippen LogP contribution in [0.1, 0.15) is 117 Å². The van der Waals surface area contributed by atoms with E-state index in [1.54, 1.807) is 0 Å². The van der Waals surface area contributed by atoms with E-state index < -0.39 is 0 Å². The Labute approximate surface area is 270 Å². The number of hydrogen-bond acceptors (Lipinski definition) is 5. The number of carbonyl (C=O) groups excluding carboxylic acids is 2. The smallest absolute Gasteiger partial charge is 0.309 e. The Morgan fingerprint density at radius 3 is 1.64 bits per heavy atom. The van der Waals surface area contributed by atoms with Crippen molar-refractivity contribution >= 4 is 11.9 Å². The maximum Gasteiger partial charge on any atom is 0.309 e. The lowest BCUT2D eigenvalue weighted by molar-refractivity contribution is -0.169. The van der Waals surface area contributed by atoms with Gasteiger partial charge in [-0.05, 0) is 174 Å². The number of rotatable bonds is 6. The molecule has 9 saturated carbocycles. The third kappa shape index (κ3) is 4.06. The average molecular weight is 617 g/mol. The molecule has 11 rings (SSSR count). The van der Waals surface area contributed by atoms with Gasteiger partial charge in [0, 0.05) is 0 Å². The fourth-order valence-corrected chi connectivity index (χ4v) is 15.1. The normalized spacial score (nSPS) is 53.3. The van der Waals surface area contributed by atoms with Gasteiger partial charge < -0.3 is 14.2 Å². The molecule has 16 unspecified atom stereocenters. The third-order valence-electron chi connectivity index (χ3n) is 16.9. The van der Waals surface area contributed by atoms with Crippen LogP contribution in [0.3, 0.4) is 0 Å². The molecule has 1 aliphatic heterocycles. The van der Waals surface area contributed by atoms with Gasteiger partial charge in [-0.25, -0.2) is 0 Å². The van der Waals surface area contributed by atoms with E-state index in [4.69, 9.17) is 14.2 Å². The van der Waals surface area contributed by atoms with Gasteiger partial charge in [0.25, 0.3) is 0 Å². The van der Waals surface area contributed by atoms with E-state index in [9.17, 15) is 9.59 Å². The van der Waals surface area contributed by atoms with Crippen LogP contribution < -0.4 is 0 Å². The lowest BCUT2D eigenvalue weighted by Gasteiger charge is -2.38. The summed E-state index contributed by atoms with van der Waals surface area (Å²) < 4.78 is 18.3. The lowest BCUT2D eigenvalue weighted by Crippen LogP contribution is -2.41. The molecule has 5 heteroatoms. The van der Waals surface area contributed by atoms with Crippen LogP contribution in [0.5, 0.6) is 0 Å². The monoisotopic (exact) mass is 616 g/mol. The summed E-state index contributed by atoms with van der Waals surface area (Å²) in [5, 5.41) is 0. The lowest BCUT2D eigenvalue weighted by atomic mass is 9.67. The molecule has 0 amide bonds. The van der Waals surface area contributed by atoms with Crippen LogP contribution >= 0.6 is 0 Å². The number of allylic oxidation sites excluding steroid dienone is 2. The first-order valence-corrected chi connectivity index (χ1v) is 19.7. The largest absolute Gasteiger partial charge is 0.459 e. The summed E-state index contributed by atoms with van der Waals surface area (Å²) in [7, 11) is 0. The second-order valence-electron chi connectivity index (χ2n) is 18.2. The van der Waals surface area contributed by atoms with Crippen molar-refractivity contribution in [2.75, 3.05) is 0 Å². The second-order valence-corrected chi connectivity index (χ2v) is 18.2. The van der Waals surface area contributed by atoms with Crippen molar-refractivity contribution in [1.82, 2.24) is 0 Å². The maximum absolute atomic E-state index is 13.0. The summed E-state index contributed by atoms with van der Waals surface area (Å²) in [6, 6.07) is 0. The summed E-state index contributed by atoms with van der Waals surface area (Å²) in [4.78, 5) is 25.9. The highest BCUT2D eigenvalue weighted by Crippen LogP contribution is 2.73. The molecule has 0 aromatic rings. The zero-order valence-corrected chi connectivity index (χ0v) is 27.7. The highest BCUT2D eigenvalue weighted by molar-refractivity contribution is 5.75. The van der Waals surface area contributed by atoms with Crippen molar-refractivity contribution in [3.63, 3.8) is 0 Å². The Bertz CT molecular complexity index is 1260. The highest BCUT2D eigenvalue weighted by atomic mass is 16.6. The van der Waals surface area contributed by atoms with Gasteiger partial charge in [0.1, 0.15) is 11.2 Å². The number of carbonyl (C=O) groups is 2. The van der Waals surface area contributed by atoms with Crippen molar-refractivity contribution in [1.29, 1.82) is 0 Å². The molecule has 0 aromatic heterocycles. The average Bonchev–Trinajstić information content (AvgIpc) is 3.88. The van der Waals surface area contributed by atoms with E-state index in [0.29, 0.717) is 24.0 Å². The number of fused-ring (bicyclic) bond motifs is 21. The van der Waals surface area contributed by atoms with Crippen LogP contribution in [-0.4, -0.2) is 35.3 Å². The van der Waals surface area contributed by atoms with Gasteiger partial charge >= 0.3 is 11.9 Å². The van der Waals surface area contributed by atoms with E-state index in [0.717, 1.165) is 111 Å². The van der Waals surface area contributed by atoms with Gasteiger partial charge in [0.05, 0.1) is 24.0 Å². The molecule has 16 atom stereocenters. The fraction of sp³-hybridized carbons (Fsp3) is 0.900. The molecule has 0 radical (unpaired) electrons. The summed E-state index contributed by atoms with van der Waals surface area (Å²) in [5.74, 6) is 10.3. The van der Waals surface area contributed by atoms with Gasteiger partial charge in [0.15, 0.2) is 0 Å². The zero-order chi connectivity index (χ0) is 30.2. The molecule has 0 spiro atoms. The minimum absolute atomic E-state index is 0.104.